The minimum Gasteiger partial charge on any atom is -0.484 e. The third-order valence-electron chi connectivity index (χ3n) is 4.48. The van der Waals surface area contributed by atoms with Crippen molar-refractivity contribution < 1.29 is 23.9 Å². The first-order chi connectivity index (χ1) is 15.1. The monoisotopic (exact) mass is 420 g/mol. The zero-order valence-electron chi connectivity index (χ0n) is 17.0. The van der Waals surface area contributed by atoms with E-state index in [0.717, 1.165) is 16.3 Å². The van der Waals surface area contributed by atoms with Crippen LogP contribution in [-0.4, -0.2) is 31.0 Å². The first-order valence-corrected chi connectivity index (χ1v) is 9.99. The Balaban J connectivity index is 1.28. The Bertz CT molecular complexity index is 1040. The number of rotatable bonds is 9. The van der Waals surface area contributed by atoms with Crippen LogP contribution >= 0.6 is 0 Å². The maximum atomic E-state index is 11.9. The number of fused-ring (bicyclic) bond motifs is 1. The van der Waals surface area contributed by atoms with Crippen molar-refractivity contribution in [3.63, 3.8) is 0 Å². The van der Waals surface area contributed by atoms with E-state index in [2.05, 4.69) is 10.9 Å². The Morgan fingerprint density at radius 1 is 0.742 bits per heavy atom. The molecule has 0 aliphatic heterocycles. The van der Waals surface area contributed by atoms with E-state index >= 15 is 0 Å². The van der Waals surface area contributed by atoms with Crippen LogP contribution in [0.25, 0.3) is 10.8 Å². The van der Waals surface area contributed by atoms with Gasteiger partial charge in [0.25, 0.3) is 5.91 Å². The molecule has 2 amide bonds. The number of hydrogen-bond donors (Lipinski definition) is 2. The lowest BCUT2D eigenvalue weighted by Gasteiger charge is -2.09. The number of amides is 2. The highest BCUT2D eigenvalue weighted by molar-refractivity contribution is 5.85. The van der Waals surface area contributed by atoms with Gasteiger partial charge in [-0.1, -0.05) is 60.7 Å². The molecule has 0 radical (unpaired) electrons. The maximum Gasteiger partial charge on any atom is 0.306 e. The predicted molar refractivity (Wildman–Crippen MR) is 116 cm³/mol. The van der Waals surface area contributed by atoms with Crippen molar-refractivity contribution in [3.8, 4) is 5.75 Å². The van der Waals surface area contributed by atoms with Crippen LogP contribution in [0.2, 0.25) is 0 Å². The van der Waals surface area contributed by atoms with Crippen molar-refractivity contribution in [1.29, 1.82) is 0 Å². The fraction of sp³-hybridized carbons (Fsp3) is 0.208. The summed E-state index contributed by atoms with van der Waals surface area (Å²) in [5.74, 6) is -0.901. The van der Waals surface area contributed by atoms with E-state index in [-0.39, 0.29) is 26.1 Å². The minimum atomic E-state index is -0.507. The molecule has 0 fully saturated rings. The van der Waals surface area contributed by atoms with Gasteiger partial charge < -0.3 is 9.47 Å². The van der Waals surface area contributed by atoms with Crippen LogP contribution in [0, 0.1) is 0 Å². The largest absolute Gasteiger partial charge is 0.484 e. The zero-order chi connectivity index (χ0) is 21.9. The number of nitrogens with one attached hydrogen (secondary N) is 2. The molecular formula is C24H24N2O5. The summed E-state index contributed by atoms with van der Waals surface area (Å²) in [7, 11) is 0. The second-order valence-corrected chi connectivity index (χ2v) is 6.85. The SMILES string of the molecule is O=C(CCC(=O)OCCc1ccccc1)NNC(=O)COc1ccc2ccccc2c1. The highest BCUT2D eigenvalue weighted by Gasteiger charge is 2.10. The molecule has 160 valence electrons. The standard InChI is InChI=1S/C24H24N2O5/c27-22(12-13-24(29)30-15-14-18-6-2-1-3-7-18)25-26-23(28)17-31-21-11-10-19-8-4-5-9-20(19)16-21/h1-11,16H,12-15,17H2,(H,25,27)(H,26,28). The number of hydrazine groups is 1. The number of esters is 1. The zero-order valence-corrected chi connectivity index (χ0v) is 17.0. The molecule has 0 saturated heterocycles. The summed E-state index contributed by atoms with van der Waals surface area (Å²) in [6.45, 7) is 0.00740. The highest BCUT2D eigenvalue weighted by Crippen LogP contribution is 2.20. The molecule has 7 heteroatoms. The van der Waals surface area contributed by atoms with Gasteiger partial charge in [-0.3, -0.25) is 25.2 Å². The van der Waals surface area contributed by atoms with Crippen molar-refractivity contribution in [2.75, 3.05) is 13.2 Å². The van der Waals surface area contributed by atoms with E-state index < -0.39 is 17.8 Å². The molecule has 3 aromatic rings. The lowest BCUT2D eigenvalue weighted by Crippen LogP contribution is -2.43. The van der Waals surface area contributed by atoms with E-state index in [9.17, 15) is 14.4 Å². The van der Waals surface area contributed by atoms with Crippen molar-refractivity contribution in [1.82, 2.24) is 10.9 Å². The Morgan fingerprint density at radius 2 is 1.45 bits per heavy atom. The molecule has 3 rings (SSSR count). The first kappa shape index (κ1) is 21.8. The molecule has 0 saturated carbocycles. The van der Waals surface area contributed by atoms with Crippen LogP contribution in [0.4, 0.5) is 0 Å². The van der Waals surface area contributed by atoms with Gasteiger partial charge >= 0.3 is 5.97 Å². The predicted octanol–water partition coefficient (Wildman–Crippen LogP) is 2.93. The van der Waals surface area contributed by atoms with E-state index in [0.29, 0.717) is 12.2 Å². The normalized spacial score (nSPS) is 10.3. The van der Waals surface area contributed by atoms with E-state index in [4.69, 9.17) is 9.47 Å². The van der Waals surface area contributed by atoms with Crippen LogP contribution in [0.3, 0.4) is 0 Å². The van der Waals surface area contributed by atoms with Crippen LogP contribution in [0.15, 0.2) is 72.8 Å². The van der Waals surface area contributed by atoms with E-state index in [1.165, 1.54) is 0 Å². The van der Waals surface area contributed by atoms with Gasteiger partial charge in [0, 0.05) is 12.8 Å². The molecule has 0 heterocycles. The Hall–Kier alpha value is -3.87. The second-order valence-electron chi connectivity index (χ2n) is 6.85. The molecule has 0 aliphatic carbocycles. The number of ether oxygens (including phenoxy) is 2. The molecule has 0 aliphatic rings. The average Bonchev–Trinajstić information content (AvgIpc) is 2.80. The van der Waals surface area contributed by atoms with Gasteiger partial charge in [0.2, 0.25) is 5.91 Å². The lowest BCUT2D eigenvalue weighted by atomic mass is 10.1. The Kier molecular flexibility index (Phi) is 7.99. The number of benzene rings is 3. The smallest absolute Gasteiger partial charge is 0.306 e. The fourth-order valence-electron chi connectivity index (χ4n) is 2.86. The molecule has 0 spiro atoms. The van der Waals surface area contributed by atoms with Gasteiger partial charge in [0.15, 0.2) is 6.61 Å². The fourth-order valence-corrected chi connectivity index (χ4v) is 2.86. The summed E-state index contributed by atoms with van der Waals surface area (Å²) in [4.78, 5) is 35.4. The van der Waals surface area contributed by atoms with Crippen molar-refractivity contribution in [2.45, 2.75) is 19.3 Å². The van der Waals surface area contributed by atoms with Crippen LogP contribution < -0.4 is 15.6 Å². The molecule has 0 bridgehead atoms. The third kappa shape index (κ3) is 7.47. The average molecular weight is 420 g/mol. The number of carbonyl (C=O) groups excluding carboxylic acids is 3. The molecule has 31 heavy (non-hydrogen) atoms. The Labute approximate surface area is 180 Å². The molecular weight excluding hydrogens is 396 g/mol. The summed E-state index contributed by atoms with van der Waals surface area (Å²) in [6, 6.07) is 23.0. The topological polar surface area (TPSA) is 93.7 Å². The molecule has 2 N–H and O–H groups in total. The molecule has 7 nitrogen and oxygen atoms in total. The summed E-state index contributed by atoms with van der Waals surface area (Å²) < 4.78 is 10.6. The van der Waals surface area contributed by atoms with Gasteiger partial charge in [0.1, 0.15) is 5.75 Å². The molecule has 3 aromatic carbocycles. The Morgan fingerprint density at radius 3 is 2.26 bits per heavy atom. The summed E-state index contributed by atoms with van der Waals surface area (Å²) in [5, 5.41) is 2.08. The number of hydrogen-bond acceptors (Lipinski definition) is 5. The van der Waals surface area contributed by atoms with Crippen molar-refractivity contribution in [3.05, 3.63) is 78.4 Å². The van der Waals surface area contributed by atoms with Gasteiger partial charge in [0.05, 0.1) is 13.0 Å². The first-order valence-electron chi connectivity index (χ1n) is 9.99. The summed E-state index contributed by atoms with van der Waals surface area (Å²) >= 11 is 0. The lowest BCUT2D eigenvalue weighted by molar-refractivity contribution is -0.145. The van der Waals surface area contributed by atoms with Crippen molar-refractivity contribution >= 4 is 28.6 Å². The summed E-state index contributed by atoms with van der Waals surface area (Å²) in [5.41, 5.74) is 5.59. The molecule has 0 atom stereocenters. The second kappa shape index (κ2) is 11.3. The van der Waals surface area contributed by atoms with Crippen LogP contribution in [0.1, 0.15) is 18.4 Å². The molecule has 0 aromatic heterocycles. The highest BCUT2D eigenvalue weighted by atomic mass is 16.5. The molecule has 0 unspecified atom stereocenters. The minimum absolute atomic E-state index is 0.0654. The quantitative estimate of drug-likeness (QED) is 0.410. The van der Waals surface area contributed by atoms with E-state index in [1.54, 1.807) is 6.07 Å². The van der Waals surface area contributed by atoms with Crippen molar-refractivity contribution in [2.24, 2.45) is 0 Å². The van der Waals surface area contributed by atoms with Gasteiger partial charge in [-0.25, -0.2) is 0 Å². The summed E-state index contributed by atoms with van der Waals surface area (Å²) in [6.07, 6.45) is 0.464. The third-order valence-corrected chi connectivity index (χ3v) is 4.48. The van der Waals surface area contributed by atoms with Crippen LogP contribution in [0.5, 0.6) is 5.75 Å². The van der Waals surface area contributed by atoms with Crippen LogP contribution in [-0.2, 0) is 25.5 Å². The number of carbonyl (C=O) groups is 3. The van der Waals surface area contributed by atoms with Gasteiger partial charge in [-0.2, -0.15) is 0 Å². The van der Waals surface area contributed by atoms with Gasteiger partial charge in [-0.05, 0) is 28.5 Å². The van der Waals surface area contributed by atoms with E-state index in [1.807, 2.05) is 66.7 Å². The van der Waals surface area contributed by atoms with Gasteiger partial charge in [-0.15, -0.1) is 0 Å². The maximum absolute atomic E-state index is 11.9.